The molecule has 1 heterocycles. The van der Waals surface area contributed by atoms with Crippen LogP contribution >= 0.6 is 0 Å². The molecular weight excluding hydrogens is 234 g/mol. The summed E-state index contributed by atoms with van der Waals surface area (Å²) in [5.74, 6) is 0. The maximum Gasteiger partial charge on any atom is 0.0960 e. The van der Waals surface area contributed by atoms with E-state index in [0.29, 0.717) is 0 Å². The maximum absolute atomic E-state index is 5.67. The van der Waals surface area contributed by atoms with Gasteiger partial charge in [-0.15, -0.1) is 0 Å². The van der Waals surface area contributed by atoms with Crippen LogP contribution in [0.1, 0.15) is 24.0 Å². The van der Waals surface area contributed by atoms with Crippen molar-refractivity contribution in [2.45, 2.75) is 18.4 Å². The van der Waals surface area contributed by atoms with E-state index >= 15 is 0 Å². The Morgan fingerprint density at radius 3 is 1.89 bits per heavy atom. The third kappa shape index (κ3) is 1.97. The summed E-state index contributed by atoms with van der Waals surface area (Å²) >= 11 is 0. The predicted molar refractivity (Wildman–Crippen MR) is 76.6 cm³/mol. The number of hydrogen-bond acceptors (Lipinski definition) is 2. The number of hydrogen-bond donors (Lipinski definition) is 0. The summed E-state index contributed by atoms with van der Waals surface area (Å²) in [5, 5.41) is 2.12. The second kappa shape index (κ2) is 5.16. The third-order valence-electron chi connectivity index (χ3n) is 4.05. The second-order valence-corrected chi connectivity index (χ2v) is 4.98. The lowest BCUT2D eigenvalue weighted by molar-refractivity contribution is -0.171. The first-order valence-corrected chi connectivity index (χ1v) is 6.81. The van der Waals surface area contributed by atoms with Crippen molar-refractivity contribution in [3.8, 4) is 0 Å². The van der Waals surface area contributed by atoms with E-state index in [2.05, 4.69) is 65.7 Å². The van der Waals surface area contributed by atoms with Crippen LogP contribution < -0.4 is 0 Å². The molecule has 2 aromatic carbocycles. The summed E-state index contributed by atoms with van der Waals surface area (Å²) in [6.45, 7) is 0.973. The molecule has 0 aliphatic carbocycles. The number of nitrogens with zero attached hydrogens (tertiary/aromatic N) is 1. The third-order valence-corrected chi connectivity index (χ3v) is 4.05. The van der Waals surface area contributed by atoms with E-state index in [1.54, 1.807) is 7.11 Å². The van der Waals surface area contributed by atoms with Crippen LogP contribution in [0.5, 0.6) is 0 Å². The van der Waals surface area contributed by atoms with E-state index < -0.39 is 0 Å². The quantitative estimate of drug-likeness (QED) is 0.829. The molecule has 1 saturated heterocycles. The van der Waals surface area contributed by atoms with Gasteiger partial charge in [-0.3, -0.25) is 0 Å². The molecule has 98 valence electrons. The Balaban J connectivity index is 2.17. The molecule has 2 aromatic rings. The normalized spacial score (nSPS) is 18.6. The Morgan fingerprint density at radius 2 is 1.42 bits per heavy atom. The fourth-order valence-corrected chi connectivity index (χ4v) is 3.21. The largest absolute Gasteiger partial charge is 0.301 e. The highest BCUT2D eigenvalue weighted by Gasteiger charge is 2.44. The van der Waals surface area contributed by atoms with E-state index in [4.69, 9.17) is 4.84 Å². The summed E-state index contributed by atoms with van der Waals surface area (Å²) in [6, 6.07) is 21.3. The van der Waals surface area contributed by atoms with Gasteiger partial charge >= 0.3 is 0 Å². The van der Waals surface area contributed by atoms with Gasteiger partial charge in [-0.2, -0.15) is 5.06 Å². The van der Waals surface area contributed by atoms with Crippen LogP contribution in [-0.2, 0) is 10.4 Å². The number of hydroxylamine groups is 2. The molecule has 0 spiro atoms. The van der Waals surface area contributed by atoms with Gasteiger partial charge in [0.05, 0.1) is 12.6 Å². The number of benzene rings is 2. The molecule has 0 amide bonds. The minimum absolute atomic E-state index is 0.142. The first-order valence-electron chi connectivity index (χ1n) is 6.81. The van der Waals surface area contributed by atoms with Crippen molar-refractivity contribution in [3.05, 3.63) is 71.8 Å². The minimum atomic E-state index is -0.142. The first kappa shape index (κ1) is 12.4. The molecule has 2 nitrogen and oxygen atoms in total. The lowest BCUT2D eigenvalue weighted by atomic mass is 9.81. The summed E-state index contributed by atoms with van der Waals surface area (Å²) in [5.41, 5.74) is 2.47. The van der Waals surface area contributed by atoms with Gasteiger partial charge in [0, 0.05) is 6.54 Å². The highest BCUT2D eigenvalue weighted by molar-refractivity contribution is 5.39. The highest BCUT2D eigenvalue weighted by atomic mass is 16.7. The molecule has 0 atom stereocenters. The molecule has 0 bridgehead atoms. The topological polar surface area (TPSA) is 12.5 Å². The van der Waals surface area contributed by atoms with Gasteiger partial charge in [0.25, 0.3) is 0 Å². The molecule has 19 heavy (non-hydrogen) atoms. The lowest BCUT2D eigenvalue weighted by Gasteiger charge is -2.38. The van der Waals surface area contributed by atoms with Crippen LogP contribution in [0.15, 0.2) is 60.7 Å². The van der Waals surface area contributed by atoms with E-state index in [0.717, 1.165) is 19.4 Å². The fourth-order valence-electron chi connectivity index (χ4n) is 3.21. The fraction of sp³-hybridized carbons (Fsp3) is 0.294. The van der Waals surface area contributed by atoms with Gasteiger partial charge < -0.3 is 4.84 Å². The zero-order chi connectivity index (χ0) is 13.1. The summed E-state index contributed by atoms with van der Waals surface area (Å²) in [4.78, 5) is 5.67. The Labute approximate surface area is 114 Å². The van der Waals surface area contributed by atoms with Crippen molar-refractivity contribution in [1.82, 2.24) is 5.06 Å². The predicted octanol–water partition coefficient (Wildman–Crippen LogP) is 3.59. The molecule has 0 saturated carbocycles. The van der Waals surface area contributed by atoms with Crippen molar-refractivity contribution in [1.29, 1.82) is 0 Å². The standard InChI is InChI=1S/C17H19NO/c1-19-18-14-8-13-17(18,15-9-4-2-5-10-15)16-11-6-3-7-12-16/h2-7,9-12H,8,13-14H2,1H3. The molecule has 0 N–H and O–H groups in total. The molecule has 1 aliphatic heterocycles. The maximum atomic E-state index is 5.67. The summed E-state index contributed by atoms with van der Waals surface area (Å²) < 4.78 is 0. The van der Waals surface area contributed by atoms with Gasteiger partial charge in [0.2, 0.25) is 0 Å². The van der Waals surface area contributed by atoms with Crippen molar-refractivity contribution < 1.29 is 4.84 Å². The zero-order valence-corrected chi connectivity index (χ0v) is 11.3. The Hall–Kier alpha value is -1.64. The Morgan fingerprint density at radius 1 is 0.895 bits per heavy atom. The van der Waals surface area contributed by atoms with Gasteiger partial charge in [0.1, 0.15) is 0 Å². The van der Waals surface area contributed by atoms with Gasteiger partial charge in [-0.1, -0.05) is 60.7 Å². The van der Waals surface area contributed by atoms with Crippen LogP contribution in [0.2, 0.25) is 0 Å². The van der Waals surface area contributed by atoms with Crippen LogP contribution in [0.25, 0.3) is 0 Å². The van der Waals surface area contributed by atoms with Crippen molar-refractivity contribution in [2.24, 2.45) is 0 Å². The van der Waals surface area contributed by atoms with Crippen molar-refractivity contribution in [3.63, 3.8) is 0 Å². The molecule has 1 aliphatic rings. The van der Waals surface area contributed by atoms with Gasteiger partial charge in [-0.25, -0.2) is 0 Å². The smallest absolute Gasteiger partial charge is 0.0960 e. The van der Waals surface area contributed by atoms with Crippen molar-refractivity contribution in [2.75, 3.05) is 13.7 Å². The van der Waals surface area contributed by atoms with Gasteiger partial charge in [-0.05, 0) is 24.0 Å². The SMILES string of the molecule is CON1CCCC1(c1ccccc1)c1ccccc1. The zero-order valence-electron chi connectivity index (χ0n) is 11.3. The average molecular weight is 253 g/mol. The Kier molecular flexibility index (Phi) is 3.36. The van der Waals surface area contributed by atoms with E-state index in [1.165, 1.54) is 11.1 Å². The first-order chi connectivity index (χ1) is 9.38. The second-order valence-electron chi connectivity index (χ2n) is 4.98. The van der Waals surface area contributed by atoms with Crippen LogP contribution in [0.3, 0.4) is 0 Å². The Bertz CT molecular complexity index is 484. The molecule has 3 rings (SSSR count). The van der Waals surface area contributed by atoms with E-state index in [9.17, 15) is 0 Å². The summed E-state index contributed by atoms with van der Waals surface area (Å²) in [7, 11) is 1.77. The van der Waals surface area contributed by atoms with E-state index in [1.807, 2.05) is 0 Å². The molecule has 2 heteroatoms. The highest BCUT2D eigenvalue weighted by Crippen LogP contribution is 2.44. The number of rotatable bonds is 3. The van der Waals surface area contributed by atoms with Crippen LogP contribution in [0.4, 0.5) is 0 Å². The molecule has 0 unspecified atom stereocenters. The van der Waals surface area contributed by atoms with E-state index in [-0.39, 0.29) is 5.54 Å². The molecule has 1 fully saturated rings. The molecular formula is C17H19NO. The van der Waals surface area contributed by atoms with Crippen LogP contribution in [0, 0.1) is 0 Å². The summed E-state index contributed by atoms with van der Waals surface area (Å²) in [6.07, 6.45) is 2.24. The van der Waals surface area contributed by atoms with Crippen molar-refractivity contribution >= 4 is 0 Å². The lowest BCUT2D eigenvalue weighted by Crippen LogP contribution is -2.41. The minimum Gasteiger partial charge on any atom is -0.301 e. The monoisotopic (exact) mass is 253 g/mol. The van der Waals surface area contributed by atoms with Gasteiger partial charge in [0.15, 0.2) is 0 Å². The molecule has 0 radical (unpaired) electrons. The van der Waals surface area contributed by atoms with Crippen LogP contribution in [-0.4, -0.2) is 18.7 Å². The average Bonchev–Trinajstić information content (AvgIpc) is 2.94. The molecule has 0 aromatic heterocycles.